The number of nitrogens with one attached hydrogen (secondary N) is 2. The Morgan fingerprint density at radius 2 is 1.73 bits per heavy atom. The van der Waals surface area contributed by atoms with Crippen LogP contribution in [0.3, 0.4) is 0 Å². The van der Waals surface area contributed by atoms with Crippen LogP contribution >= 0.6 is 11.8 Å². The first-order valence-corrected chi connectivity index (χ1v) is 14.9. The number of hydrogen-bond donors (Lipinski definition) is 6. The number of amides is 3. The third-order valence-electron chi connectivity index (χ3n) is 7.18. The van der Waals surface area contributed by atoms with Crippen molar-refractivity contribution in [1.82, 2.24) is 15.5 Å². The molecule has 6 N–H and O–H groups in total. The van der Waals surface area contributed by atoms with Gasteiger partial charge in [0.25, 0.3) is 11.8 Å². The van der Waals surface area contributed by atoms with Crippen molar-refractivity contribution in [2.24, 2.45) is 0 Å². The maximum atomic E-state index is 13.7. The SMILES string of the molecule is CC(=O)OCC1=C(C(=O)O)N2C(=O)[C@H](NC(=O)C(NC(=O)c3cc4cc(O)c(O)cc4oc3=O)c3ccc(OCC(=O)O)cc3)[C@@H]2SC1. The van der Waals surface area contributed by atoms with E-state index in [4.69, 9.17) is 19.0 Å². The summed E-state index contributed by atoms with van der Waals surface area (Å²) in [6.45, 7) is 0.149. The van der Waals surface area contributed by atoms with Crippen LogP contribution in [0, 0.1) is 0 Å². The molecule has 0 radical (unpaired) electrons. The Morgan fingerprint density at radius 3 is 2.38 bits per heavy atom. The largest absolute Gasteiger partial charge is 0.504 e. The van der Waals surface area contributed by atoms with Crippen molar-refractivity contribution in [3.63, 3.8) is 0 Å². The van der Waals surface area contributed by atoms with Crippen LogP contribution in [0.15, 0.2) is 62.9 Å². The molecule has 18 heteroatoms. The average Bonchev–Trinajstić information content (AvgIpc) is 3.04. The number of carboxylic acid groups (broad SMARTS) is 2. The van der Waals surface area contributed by atoms with Gasteiger partial charge in [-0.15, -0.1) is 11.8 Å². The van der Waals surface area contributed by atoms with E-state index in [1.165, 1.54) is 24.3 Å². The second kappa shape index (κ2) is 13.4. The predicted molar refractivity (Wildman–Crippen MR) is 162 cm³/mol. The fourth-order valence-electron chi connectivity index (χ4n) is 4.93. The minimum atomic E-state index is -1.57. The third-order valence-corrected chi connectivity index (χ3v) is 8.52. The van der Waals surface area contributed by atoms with Crippen molar-refractivity contribution in [3.05, 3.63) is 75.3 Å². The van der Waals surface area contributed by atoms with Crippen molar-refractivity contribution in [2.45, 2.75) is 24.4 Å². The molecular weight excluding hydrogens is 658 g/mol. The Balaban J connectivity index is 1.41. The zero-order valence-electron chi connectivity index (χ0n) is 24.6. The number of fused-ring (bicyclic) bond motifs is 2. The van der Waals surface area contributed by atoms with Crippen LogP contribution in [0.25, 0.3) is 11.0 Å². The van der Waals surface area contributed by atoms with Crippen molar-refractivity contribution >= 4 is 58.4 Å². The molecule has 1 saturated heterocycles. The number of phenols is 2. The van der Waals surface area contributed by atoms with Crippen molar-refractivity contribution < 1.29 is 63.1 Å². The molecule has 3 heterocycles. The summed E-state index contributed by atoms with van der Waals surface area (Å²) in [5.41, 5.74) is -1.92. The number of esters is 1. The quantitative estimate of drug-likeness (QED) is 0.0693. The summed E-state index contributed by atoms with van der Waals surface area (Å²) < 4.78 is 15.1. The van der Waals surface area contributed by atoms with Crippen molar-refractivity contribution in [2.75, 3.05) is 19.0 Å². The standard InChI is InChI=1S/C30H25N3O14S/c1-12(34)45-9-15-11-48-28-23(27(41)33(28)24(15)29(42)43)32-26(40)22(13-2-4-16(5-3-13)46-10-21(37)38)31-25(39)17-6-14-7-18(35)19(36)8-20(14)47-30(17)44/h2-8,22-23,28,35-36H,9-11H2,1H3,(H,31,39)(H,32,40)(H,37,38)(H,42,43)/t22?,23-,28-/m0/s1. The van der Waals surface area contributed by atoms with Gasteiger partial charge in [0.05, 0.1) is 0 Å². The number of phenolic OH excluding ortho intramolecular Hbond substituents is 2. The fraction of sp³-hybridized carbons (Fsp3) is 0.233. The topological polar surface area (TPSA) is 259 Å². The molecule has 1 unspecified atom stereocenters. The smallest absolute Gasteiger partial charge is 0.352 e. The molecule has 17 nitrogen and oxygen atoms in total. The predicted octanol–water partition coefficient (Wildman–Crippen LogP) is 0.440. The van der Waals surface area contributed by atoms with Crippen molar-refractivity contribution in [3.8, 4) is 17.2 Å². The molecule has 0 spiro atoms. The van der Waals surface area contributed by atoms with Gasteiger partial charge in [-0.2, -0.15) is 0 Å². The molecule has 2 aliphatic rings. The highest BCUT2D eigenvalue weighted by Gasteiger charge is 2.54. The molecular formula is C30H25N3O14S. The zero-order valence-corrected chi connectivity index (χ0v) is 25.4. The lowest BCUT2D eigenvalue weighted by molar-refractivity contribution is -0.151. The Hall–Kier alpha value is -6.04. The van der Waals surface area contributed by atoms with Gasteiger partial charge in [0.1, 0.15) is 46.7 Å². The van der Waals surface area contributed by atoms with E-state index in [-0.39, 0.29) is 45.9 Å². The van der Waals surface area contributed by atoms with Crippen LogP contribution in [-0.4, -0.2) is 91.3 Å². The maximum absolute atomic E-state index is 13.7. The van der Waals surface area contributed by atoms with Gasteiger partial charge >= 0.3 is 23.5 Å². The summed E-state index contributed by atoms with van der Waals surface area (Å²) in [4.78, 5) is 88.1. The van der Waals surface area contributed by atoms with Gasteiger partial charge in [-0.3, -0.25) is 24.1 Å². The zero-order chi connectivity index (χ0) is 34.9. The summed E-state index contributed by atoms with van der Waals surface area (Å²) in [5, 5.41) is 42.4. The van der Waals surface area contributed by atoms with E-state index in [0.29, 0.717) is 0 Å². The van der Waals surface area contributed by atoms with Crippen LogP contribution in [0.4, 0.5) is 0 Å². The number of hydrogen-bond acceptors (Lipinski definition) is 13. The molecule has 3 aromatic rings. The van der Waals surface area contributed by atoms with Crippen LogP contribution in [0.1, 0.15) is 28.9 Å². The Kier molecular flexibility index (Phi) is 9.28. The maximum Gasteiger partial charge on any atom is 0.352 e. The minimum absolute atomic E-state index is 0.0682. The second-order valence-corrected chi connectivity index (χ2v) is 11.5. The molecule has 0 aliphatic carbocycles. The highest BCUT2D eigenvalue weighted by Crippen LogP contribution is 2.40. The molecule has 3 amide bonds. The number of benzene rings is 2. The fourth-order valence-corrected chi connectivity index (χ4v) is 6.26. The van der Waals surface area contributed by atoms with Crippen LogP contribution in [-0.2, 0) is 28.7 Å². The van der Waals surface area contributed by atoms with Gasteiger partial charge in [-0.05, 0) is 29.8 Å². The Bertz CT molecular complexity index is 1950. The number of β-lactam (4-membered cyclic amide) rings is 1. The monoisotopic (exact) mass is 683 g/mol. The van der Waals surface area contributed by atoms with Crippen LogP contribution in [0.5, 0.6) is 17.2 Å². The van der Waals surface area contributed by atoms with E-state index in [0.717, 1.165) is 41.8 Å². The number of rotatable bonds is 11. The highest BCUT2D eigenvalue weighted by atomic mass is 32.2. The number of carboxylic acids is 2. The van der Waals surface area contributed by atoms with Gasteiger partial charge in [0.2, 0.25) is 5.91 Å². The van der Waals surface area contributed by atoms with Gasteiger partial charge < -0.3 is 45.0 Å². The normalized spacial score (nSPS) is 17.5. The molecule has 2 aromatic carbocycles. The first-order chi connectivity index (χ1) is 22.7. The minimum Gasteiger partial charge on any atom is -0.504 e. The summed E-state index contributed by atoms with van der Waals surface area (Å²) in [6.07, 6.45) is 0. The summed E-state index contributed by atoms with van der Waals surface area (Å²) in [6, 6.07) is 5.63. The molecule has 1 aromatic heterocycles. The number of aromatic hydroxyl groups is 2. The van der Waals surface area contributed by atoms with Crippen LogP contribution < -0.4 is 21.0 Å². The molecule has 0 saturated carbocycles. The van der Waals surface area contributed by atoms with Crippen LogP contribution in [0.2, 0.25) is 0 Å². The lowest BCUT2D eigenvalue weighted by atomic mass is 10.0. The number of nitrogens with zero attached hydrogens (tertiary/aromatic N) is 1. The van der Waals surface area contributed by atoms with E-state index < -0.39 is 82.4 Å². The second-order valence-electron chi connectivity index (χ2n) is 10.4. The molecule has 3 atom stereocenters. The van der Waals surface area contributed by atoms with Gasteiger partial charge in [0.15, 0.2) is 18.1 Å². The number of ether oxygens (including phenoxy) is 2. The van der Waals surface area contributed by atoms with E-state index in [1.54, 1.807) is 0 Å². The first-order valence-electron chi connectivity index (χ1n) is 13.8. The number of thioether (sulfide) groups is 1. The molecule has 0 bridgehead atoms. The van der Waals surface area contributed by atoms with E-state index in [9.17, 15) is 48.9 Å². The van der Waals surface area contributed by atoms with Gasteiger partial charge in [-0.1, -0.05) is 12.1 Å². The molecule has 1 fully saturated rings. The average molecular weight is 684 g/mol. The first kappa shape index (κ1) is 33.3. The highest BCUT2D eigenvalue weighted by molar-refractivity contribution is 8.00. The lowest BCUT2D eigenvalue weighted by Gasteiger charge is -2.49. The molecule has 5 rings (SSSR count). The number of aliphatic carboxylic acids is 2. The van der Waals surface area contributed by atoms with E-state index in [1.807, 2.05) is 0 Å². The summed E-state index contributed by atoms with van der Waals surface area (Å²) in [7, 11) is 0. The molecule has 2 aliphatic heterocycles. The van der Waals surface area contributed by atoms with E-state index in [2.05, 4.69) is 10.6 Å². The van der Waals surface area contributed by atoms with Gasteiger partial charge in [0, 0.05) is 29.7 Å². The third kappa shape index (κ3) is 6.73. The molecule has 250 valence electrons. The van der Waals surface area contributed by atoms with E-state index >= 15 is 0 Å². The Labute approximate surface area is 272 Å². The lowest BCUT2D eigenvalue weighted by Crippen LogP contribution is -2.71. The summed E-state index contributed by atoms with van der Waals surface area (Å²) >= 11 is 1.12. The Morgan fingerprint density at radius 1 is 1.04 bits per heavy atom. The number of carbonyl (C=O) groups is 6. The molecule has 48 heavy (non-hydrogen) atoms. The van der Waals surface area contributed by atoms with Crippen molar-refractivity contribution in [1.29, 1.82) is 0 Å². The summed E-state index contributed by atoms with van der Waals surface area (Å²) in [5.74, 6) is -7.05. The van der Waals surface area contributed by atoms with Gasteiger partial charge in [-0.25, -0.2) is 14.4 Å². The number of carbonyl (C=O) groups excluding carboxylic acids is 4.